The largest absolute Gasteiger partial charge is 0.303 e. The van der Waals surface area contributed by atoms with E-state index in [0.717, 1.165) is 9.84 Å². The van der Waals surface area contributed by atoms with Crippen LogP contribution in [0, 0.1) is 11.3 Å². The van der Waals surface area contributed by atoms with Crippen LogP contribution in [0.4, 0.5) is 0 Å². The van der Waals surface area contributed by atoms with E-state index in [1.807, 2.05) is 0 Å². The monoisotopic (exact) mass is 323 g/mol. The van der Waals surface area contributed by atoms with Crippen molar-refractivity contribution >= 4 is 22.6 Å². The molecule has 1 aliphatic heterocycles. The molecule has 0 radical (unpaired) electrons. The number of halogens is 1. The van der Waals surface area contributed by atoms with Gasteiger partial charge in [-0.2, -0.15) is 0 Å². The summed E-state index contributed by atoms with van der Waals surface area (Å²) in [7, 11) is 0. The Labute approximate surface area is 109 Å². The van der Waals surface area contributed by atoms with Crippen molar-refractivity contribution < 1.29 is 0 Å². The summed E-state index contributed by atoms with van der Waals surface area (Å²) in [6.45, 7) is 13.4. The number of nitrogens with zero attached hydrogens (tertiary/aromatic N) is 1. The smallest absolute Gasteiger partial charge is 0.0134 e. The molecule has 0 spiro atoms. The van der Waals surface area contributed by atoms with Gasteiger partial charge in [-0.15, -0.1) is 0 Å². The summed E-state index contributed by atoms with van der Waals surface area (Å²) < 4.78 is 0.923. The van der Waals surface area contributed by atoms with Gasteiger partial charge in [0.05, 0.1) is 0 Å². The molecule has 0 bridgehead atoms. The minimum atomic E-state index is 0.492. The van der Waals surface area contributed by atoms with Crippen molar-refractivity contribution in [1.82, 2.24) is 4.90 Å². The lowest BCUT2D eigenvalue weighted by Crippen LogP contribution is -2.40. The first-order chi connectivity index (χ1) is 6.89. The Morgan fingerprint density at radius 3 is 2.27 bits per heavy atom. The highest BCUT2D eigenvalue weighted by Gasteiger charge is 2.25. The molecule has 1 fully saturated rings. The van der Waals surface area contributed by atoms with Gasteiger partial charge in [-0.3, -0.25) is 0 Å². The number of hydrogen-bond donors (Lipinski definition) is 0. The molecule has 1 nitrogen and oxygen atoms in total. The summed E-state index contributed by atoms with van der Waals surface area (Å²) in [5, 5.41) is 0. The fourth-order valence-corrected chi connectivity index (χ4v) is 3.39. The van der Waals surface area contributed by atoms with Crippen molar-refractivity contribution in [2.24, 2.45) is 11.3 Å². The predicted octanol–water partition coefficient (Wildman–Crippen LogP) is 3.96. The molecular weight excluding hydrogens is 297 g/mol. The molecule has 1 heterocycles. The molecule has 1 rings (SSSR count). The highest BCUT2D eigenvalue weighted by molar-refractivity contribution is 14.1. The van der Waals surface area contributed by atoms with Crippen molar-refractivity contribution in [2.45, 2.75) is 50.9 Å². The number of hydrogen-bond acceptors (Lipinski definition) is 1. The highest BCUT2D eigenvalue weighted by atomic mass is 127. The van der Waals surface area contributed by atoms with Crippen molar-refractivity contribution in [3.05, 3.63) is 0 Å². The van der Waals surface area contributed by atoms with Crippen LogP contribution < -0.4 is 0 Å². The van der Waals surface area contributed by atoms with E-state index in [0.29, 0.717) is 5.41 Å². The summed E-state index contributed by atoms with van der Waals surface area (Å²) in [6, 6.07) is 0. The van der Waals surface area contributed by atoms with Gasteiger partial charge < -0.3 is 4.90 Å². The summed E-state index contributed by atoms with van der Waals surface area (Å²) >= 11 is 2.60. The molecule has 0 unspecified atom stereocenters. The first-order valence-electron chi connectivity index (χ1n) is 6.25. The van der Waals surface area contributed by atoms with Crippen LogP contribution in [0.25, 0.3) is 0 Å². The molecule has 0 aromatic carbocycles. The third kappa shape index (κ3) is 5.53. The molecule has 15 heavy (non-hydrogen) atoms. The first kappa shape index (κ1) is 13.8. The SMILES string of the molecule is CC(C)CC(C)(C)CN1CCC(I)CC1. The van der Waals surface area contributed by atoms with Crippen LogP contribution in [0.3, 0.4) is 0 Å². The summed E-state index contributed by atoms with van der Waals surface area (Å²) in [6.07, 6.45) is 4.12. The van der Waals surface area contributed by atoms with Crippen molar-refractivity contribution in [3.8, 4) is 0 Å². The van der Waals surface area contributed by atoms with Crippen LogP contribution >= 0.6 is 22.6 Å². The maximum absolute atomic E-state index is 2.66. The van der Waals surface area contributed by atoms with E-state index >= 15 is 0 Å². The lowest BCUT2D eigenvalue weighted by molar-refractivity contribution is 0.138. The van der Waals surface area contributed by atoms with Gasteiger partial charge in [-0.05, 0) is 43.7 Å². The second-order valence-corrected chi connectivity index (χ2v) is 7.97. The van der Waals surface area contributed by atoms with E-state index < -0.39 is 0 Å². The molecule has 0 aromatic rings. The predicted molar refractivity (Wildman–Crippen MR) is 76.7 cm³/mol. The summed E-state index contributed by atoms with van der Waals surface area (Å²) in [5.74, 6) is 0.821. The maximum Gasteiger partial charge on any atom is 0.0134 e. The third-order valence-corrected chi connectivity index (χ3v) is 4.38. The lowest BCUT2D eigenvalue weighted by atomic mass is 9.83. The Balaban J connectivity index is 2.33. The second-order valence-electron chi connectivity index (χ2n) is 6.21. The zero-order valence-electron chi connectivity index (χ0n) is 10.7. The van der Waals surface area contributed by atoms with Gasteiger partial charge in [0.1, 0.15) is 0 Å². The summed E-state index contributed by atoms with van der Waals surface area (Å²) in [5.41, 5.74) is 0.492. The van der Waals surface area contributed by atoms with Gasteiger partial charge in [0, 0.05) is 10.5 Å². The Hall–Kier alpha value is 0.690. The minimum absolute atomic E-state index is 0.492. The van der Waals surface area contributed by atoms with Crippen LogP contribution in [0.5, 0.6) is 0 Å². The van der Waals surface area contributed by atoms with Gasteiger partial charge in [0.15, 0.2) is 0 Å². The molecule has 0 saturated carbocycles. The maximum atomic E-state index is 2.66. The minimum Gasteiger partial charge on any atom is -0.303 e. The topological polar surface area (TPSA) is 3.24 Å². The first-order valence-corrected chi connectivity index (χ1v) is 7.50. The number of piperidine rings is 1. The van der Waals surface area contributed by atoms with E-state index in [1.54, 1.807) is 0 Å². The molecule has 1 saturated heterocycles. The fourth-order valence-electron chi connectivity index (χ4n) is 2.83. The molecule has 90 valence electrons. The number of alkyl halides is 1. The molecule has 2 heteroatoms. The van der Waals surface area contributed by atoms with Gasteiger partial charge >= 0.3 is 0 Å². The van der Waals surface area contributed by atoms with Crippen molar-refractivity contribution in [3.63, 3.8) is 0 Å². The van der Waals surface area contributed by atoms with E-state index in [1.165, 1.54) is 38.9 Å². The fraction of sp³-hybridized carbons (Fsp3) is 1.00. The van der Waals surface area contributed by atoms with Gasteiger partial charge in [0.25, 0.3) is 0 Å². The zero-order valence-corrected chi connectivity index (χ0v) is 12.9. The molecule has 0 atom stereocenters. The number of rotatable bonds is 4. The van der Waals surface area contributed by atoms with Gasteiger partial charge in [-0.25, -0.2) is 0 Å². The highest BCUT2D eigenvalue weighted by Crippen LogP contribution is 2.28. The second kappa shape index (κ2) is 5.85. The Morgan fingerprint density at radius 2 is 1.80 bits per heavy atom. The molecule has 0 aliphatic carbocycles. The van der Waals surface area contributed by atoms with Crippen molar-refractivity contribution in [1.29, 1.82) is 0 Å². The molecule has 0 amide bonds. The van der Waals surface area contributed by atoms with E-state index in [2.05, 4.69) is 55.2 Å². The van der Waals surface area contributed by atoms with E-state index in [4.69, 9.17) is 0 Å². The quantitative estimate of drug-likeness (QED) is 0.559. The lowest BCUT2D eigenvalue weighted by Gasteiger charge is -2.37. The van der Waals surface area contributed by atoms with Crippen LogP contribution in [0.1, 0.15) is 47.0 Å². The molecule has 1 aliphatic rings. The molecular formula is C13H26IN. The van der Waals surface area contributed by atoms with Crippen LogP contribution in [0.2, 0.25) is 0 Å². The van der Waals surface area contributed by atoms with E-state index in [9.17, 15) is 0 Å². The molecule has 0 aromatic heterocycles. The van der Waals surface area contributed by atoms with Crippen molar-refractivity contribution in [2.75, 3.05) is 19.6 Å². The summed E-state index contributed by atoms with van der Waals surface area (Å²) in [4.78, 5) is 2.66. The third-order valence-electron chi connectivity index (χ3n) is 3.13. The zero-order chi connectivity index (χ0) is 11.5. The van der Waals surface area contributed by atoms with Crippen LogP contribution in [0.15, 0.2) is 0 Å². The van der Waals surface area contributed by atoms with Gasteiger partial charge in [-0.1, -0.05) is 50.3 Å². The van der Waals surface area contributed by atoms with Crippen LogP contribution in [-0.4, -0.2) is 28.5 Å². The Kier molecular flexibility index (Phi) is 5.37. The Bertz CT molecular complexity index is 181. The average molecular weight is 323 g/mol. The standard InChI is InChI=1S/C13H26IN/c1-11(2)9-13(3,4)10-15-7-5-12(14)6-8-15/h11-12H,5-10H2,1-4H3. The Morgan fingerprint density at radius 1 is 1.27 bits per heavy atom. The normalized spacial score (nSPS) is 21.2. The van der Waals surface area contributed by atoms with Crippen LogP contribution in [-0.2, 0) is 0 Å². The molecule has 0 N–H and O–H groups in total. The van der Waals surface area contributed by atoms with Gasteiger partial charge in [0.2, 0.25) is 0 Å². The van der Waals surface area contributed by atoms with E-state index in [-0.39, 0.29) is 0 Å². The average Bonchev–Trinajstić information content (AvgIpc) is 2.06. The number of likely N-dealkylation sites (tertiary alicyclic amines) is 1.